The summed E-state index contributed by atoms with van der Waals surface area (Å²) in [6, 6.07) is 0.547. The van der Waals surface area contributed by atoms with Crippen LogP contribution in [0.4, 0.5) is 4.79 Å². The fourth-order valence-corrected chi connectivity index (χ4v) is 1.33. The van der Waals surface area contributed by atoms with E-state index in [4.69, 9.17) is 0 Å². The predicted octanol–water partition coefficient (Wildman–Crippen LogP) is 2.78. The molecular formula is C12H24N4O. The normalized spacial score (nSPS) is 18.2. The lowest BCUT2D eigenvalue weighted by Gasteiger charge is -2.25. The topological polar surface area (TPSA) is 57.1 Å². The van der Waals surface area contributed by atoms with E-state index in [1.54, 1.807) is 4.90 Å². The Kier molecular flexibility index (Phi) is 4.48. The molecular weight excluding hydrogens is 216 g/mol. The molecule has 0 aromatic heterocycles. The molecule has 1 rings (SSSR count). The highest BCUT2D eigenvalue weighted by Crippen LogP contribution is 2.25. The zero-order chi connectivity index (χ0) is 13.1. The molecule has 17 heavy (non-hydrogen) atoms. The minimum atomic E-state index is -0.635. The summed E-state index contributed by atoms with van der Waals surface area (Å²) in [5.41, 5.74) is -0.635. The second kappa shape index (κ2) is 5.47. The van der Waals surface area contributed by atoms with Gasteiger partial charge < -0.3 is 10.2 Å². The molecule has 0 aromatic rings. The second-order valence-corrected chi connectivity index (χ2v) is 5.30. The molecule has 1 aliphatic carbocycles. The molecule has 1 aliphatic rings. The Morgan fingerprint density at radius 2 is 2.12 bits per heavy atom. The van der Waals surface area contributed by atoms with Gasteiger partial charge in [0.2, 0.25) is 0 Å². The molecule has 0 aliphatic heterocycles. The molecule has 1 fully saturated rings. The maximum atomic E-state index is 11.9. The van der Waals surface area contributed by atoms with E-state index in [-0.39, 0.29) is 12.1 Å². The third kappa shape index (κ3) is 4.71. The van der Waals surface area contributed by atoms with Gasteiger partial charge in [-0.15, -0.1) is 0 Å². The van der Waals surface area contributed by atoms with E-state index < -0.39 is 5.66 Å². The number of nitrogens with zero attached hydrogens (tertiary/aromatic N) is 3. The van der Waals surface area contributed by atoms with E-state index in [9.17, 15) is 4.79 Å². The van der Waals surface area contributed by atoms with Crippen LogP contribution in [-0.2, 0) is 0 Å². The summed E-state index contributed by atoms with van der Waals surface area (Å²) >= 11 is 0. The van der Waals surface area contributed by atoms with Crippen molar-refractivity contribution in [3.8, 4) is 0 Å². The van der Waals surface area contributed by atoms with Crippen LogP contribution in [0, 0.1) is 0 Å². The van der Waals surface area contributed by atoms with Gasteiger partial charge in [-0.05, 0) is 40.0 Å². The van der Waals surface area contributed by atoms with Crippen LogP contribution in [0.15, 0.2) is 10.2 Å². The zero-order valence-corrected chi connectivity index (χ0v) is 11.5. The molecule has 2 amide bonds. The third-order valence-electron chi connectivity index (χ3n) is 2.92. The summed E-state index contributed by atoms with van der Waals surface area (Å²) in [7, 11) is 1.83. The number of azo groups is 1. The summed E-state index contributed by atoms with van der Waals surface area (Å²) in [5, 5.41) is 11.3. The smallest absolute Gasteiger partial charge is 0.319 e. The summed E-state index contributed by atoms with van der Waals surface area (Å²) in [6.45, 7) is 7.79. The van der Waals surface area contributed by atoms with Gasteiger partial charge in [-0.25, -0.2) is 4.79 Å². The monoisotopic (exact) mass is 240 g/mol. The molecule has 98 valence electrons. The van der Waals surface area contributed by atoms with Crippen molar-refractivity contribution >= 4 is 6.03 Å². The first-order valence-corrected chi connectivity index (χ1v) is 6.32. The average Bonchev–Trinajstić information content (AvgIpc) is 3.08. The second-order valence-electron chi connectivity index (χ2n) is 5.30. The molecule has 0 radical (unpaired) electrons. The van der Waals surface area contributed by atoms with Crippen molar-refractivity contribution in [2.45, 2.75) is 64.7 Å². The van der Waals surface area contributed by atoms with E-state index >= 15 is 0 Å². The Morgan fingerprint density at radius 1 is 1.53 bits per heavy atom. The summed E-state index contributed by atoms with van der Waals surface area (Å²) in [6.07, 6.45) is 3.17. The first kappa shape index (κ1) is 13.9. The van der Waals surface area contributed by atoms with Crippen molar-refractivity contribution in [2.24, 2.45) is 10.2 Å². The van der Waals surface area contributed by atoms with Gasteiger partial charge in [-0.1, -0.05) is 6.92 Å². The van der Waals surface area contributed by atoms with Crippen LogP contribution >= 0.6 is 0 Å². The van der Waals surface area contributed by atoms with Crippen LogP contribution in [-0.4, -0.2) is 35.7 Å². The van der Waals surface area contributed by atoms with E-state index in [2.05, 4.69) is 22.5 Å². The van der Waals surface area contributed by atoms with Crippen LogP contribution in [0.25, 0.3) is 0 Å². The van der Waals surface area contributed by atoms with Crippen molar-refractivity contribution < 1.29 is 4.79 Å². The van der Waals surface area contributed by atoms with Gasteiger partial charge in [-0.3, -0.25) is 0 Å². The molecule has 5 heteroatoms. The number of nitrogens with one attached hydrogen (secondary N) is 1. The minimum Gasteiger partial charge on any atom is -0.325 e. The van der Waals surface area contributed by atoms with E-state index in [0.717, 1.165) is 19.3 Å². The summed E-state index contributed by atoms with van der Waals surface area (Å²) in [5.74, 6) is 0. The number of rotatable bonds is 5. The molecule has 1 unspecified atom stereocenters. The Bertz CT molecular complexity index is 297. The number of carbonyl (C=O) groups is 1. The number of urea groups is 1. The van der Waals surface area contributed by atoms with Crippen molar-refractivity contribution in [3.05, 3.63) is 0 Å². The van der Waals surface area contributed by atoms with Crippen molar-refractivity contribution in [3.63, 3.8) is 0 Å². The van der Waals surface area contributed by atoms with E-state index in [0.29, 0.717) is 6.04 Å². The van der Waals surface area contributed by atoms with Gasteiger partial charge >= 0.3 is 6.03 Å². The van der Waals surface area contributed by atoms with Gasteiger partial charge in [0.15, 0.2) is 0 Å². The molecule has 1 N–H and O–H groups in total. The maximum Gasteiger partial charge on any atom is 0.319 e. The fraction of sp³-hybridized carbons (Fsp3) is 0.917. The van der Waals surface area contributed by atoms with Gasteiger partial charge in [0.05, 0.1) is 6.04 Å². The Hall–Kier alpha value is -1.13. The lowest BCUT2D eigenvalue weighted by Crippen LogP contribution is -2.48. The van der Waals surface area contributed by atoms with E-state index in [1.165, 1.54) is 0 Å². The minimum absolute atomic E-state index is 0.0689. The largest absolute Gasteiger partial charge is 0.325 e. The van der Waals surface area contributed by atoms with Gasteiger partial charge in [0.25, 0.3) is 0 Å². The summed E-state index contributed by atoms with van der Waals surface area (Å²) < 4.78 is 0. The Balaban J connectivity index is 2.47. The molecule has 5 nitrogen and oxygen atoms in total. The lowest BCUT2D eigenvalue weighted by atomic mass is 10.2. The highest BCUT2D eigenvalue weighted by molar-refractivity contribution is 5.75. The molecule has 0 heterocycles. The third-order valence-corrected chi connectivity index (χ3v) is 2.92. The number of amides is 2. The van der Waals surface area contributed by atoms with Crippen molar-refractivity contribution in [1.29, 1.82) is 0 Å². The fourth-order valence-electron chi connectivity index (χ4n) is 1.33. The van der Waals surface area contributed by atoms with Gasteiger partial charge in [0.1, 0.15) is 5.66 Å². The molecule has 0 spiro atoms. The molecule has 1 atom stereocenters. The van der Waals surface area contributed by atoms with E-state index in [1.807, 2.05) is 27.8 Å². The Labute approximate surface area is 104 Å². The molecule has 0 saturated heterocycles. The predicted molar refractivity (Wildman–Crippen MR) is 68.0 cm³/mol. The lowest BCUT2D eigenvalue weighted by molar-refractivity contribution is 0.194. The highest BCUT2D eigenvalue weighted by atomic mass is 16.2. The molecule has 0 aromatic carbocycles. The van der Waals surface area contributed by atoms with Gasteiger partial charge in [0, 0.05) is 13.1 Å². The molecule has 1 saturated carbocycles. The number of hydrogen-bond acceptors (Lipinski definition) is 3. The van der Waals surface area contributed by atoms with Crippen LogP contribution < -0.4 is 5.32 Å². The maximum absolute atomic E-state index is 11.9. The van der Waals surface area contributed by atoms with Crippen LogP contribution in [0.1, 0.15) is 47.0 Å². The zero-order valence-electron chi connectivity index (χ0n) is 11.5. The van der Waals surface area contributed by atoms with Crippen molar-refractivity contribution in [2.75, 3.05) is 7.05 Å². The van der Waals surface area contributed by atoms with Crippen molar-refractivity contribution in [1.82, 2.24) is 10.2 Å². The standard InChI is InChI=1S/C12H24N4O/c1-6-9(2)14-15-12(3,4)13-11(17)16(5)10-7-8-10/h9-10H,6-8H2,1-5H3,(H,13,17). The molecule has 0 bridgehead atoms. The number of hydrogen-bond donors (Lipinski definition) is 1. The van der Waals surface area contributed by atoms with Crippen LogP contribution in [0.3, 0.4) is 0 Å². The van der Waals surface area contributed by atoms with Crippen LogP contribution in [0.5, 0.6) is 0 Å². The Morgan fingerprint density at radius 3 is 2.59 bits per heavy atom. The van der Waals surface area contributed by atoms with Crippen LogP contribution in [0.2, 0.25) is 0 Å². The van der Waals surface area contributed by atoms with Gasteiger partial charge in [-0.2, -0.15) is 10.2 Å². The first-order valence-electron chi connectivity index (χ1n) is 6.32. The number of carbonyl (C=O) groups excluding carboxylic acids is 1. The highest BCUT2D eigenvalue weighted by Gasteiger charge is 2.31. The summed E-state index contributed by atoms with van der Waals surface area (Å²) in [4.78, 5) is 13.6. The quantitative estimate of drug-likeness (QED) is 0.738. The first-order chi connectivity index (χ1) is 7.85. The average molecular weight is 240 g/mol. The SMILES string of the molecule is CCC(C)N=NC(C)(C)NC(=O)N(C)C1CC1.